The lowest BCUT2D eigenvalue weighted by Gasteiger charge is -2.33. The molecule has 2 aromatic rings. The molecule has 0 N–H and O–H groups in total. The Bertz CT molecular complexity index is 792. The van der Waals surface area contributed by atoms with Gasteiger partial charge in [0.15, 0.2) is 0 Å². The number of halogens is 2. The molecule has 0 bridgehead atoms. The van der Waals surface area contributed by atoms with Gasteiger partial charge in [0, 0.05) is 19.0 Å². The zero-order valence-electron chi connectivity index (χ0n) is 15.2. The van der Waals surface area contributed by atoms with Crippen LogP contribution in [0.3, 0.4) is 0 Å². The van der Waals surface area contributed by atoms with Crippen LogP contribution in [-0.4, -0.2) is 39.2 Å². The number of ether oxygens (including phenoxy) is 1. The number of carbonyl (C=O) groups excluding carboxylic acids is 1. The van der Waals surface area contributed by atoms with Crippen LogP contribution in [-0.2, 0) is 4.74 Å². The van der Waals surface area contributed by atoms with Crippen LogP contribution in [0, 0.1) is 9.52 Å². The lowest BCUT2D eigenvalue weighted by molar-refractivity contribution is 0.0204. The van der Waals surface area contributed by atoms with Crippen LogP contribution < -0.4 is 0 Å². The second kappa shape index (κ2) is 7.54. The molecule has 1 aromatic heterocycles. The largest absolute Gasteiger partial charge is 0.444 e. The maximum Gasteiger partial charge on any atom is 0.410 e. The van der Waals surface area contributed by atoms with Gasteiger partial charge in [-0.05, 0) is 74.4 Å². The van der Waals surface area contributed by atoms with E-state index in [1.165, 1.54) is 12.1 Å². The third kappa shape index (κ3) is 4.36. The summed E-state index contributed by atoms with van der Waals surface area (Å²) in [4.78, 5) is 18.5. The van der Waals surface area contributed by atoms with Crippen molar-refractivity contribution in [3.05, 3.63) is 45.8 Å². The standard InChI is InChI=1S/C19H23FIN3O2/c1-19(2,3)26-18(25)23-9-7-13(8-10-23)16-17(21)24(12-22-16)15-6-4-5-14(20)11-15/h4-6,11-13H,7-10H2,1-3H3. The molecule has 0 radical (unpaired) electrons. The monoisotopic (exact) mass is 471 g/mol. The van der Waals surface area contributed by atoms with E-state index in [0.717, 1.165) is 27.9 Å². The molecule has 1 aliphatic rings. The first-order chi connectivity index (χ1) is 12.2. The zero-order valence-corrected chi connectivity index (χ0v) is 17.4. The van der Waals surface area contributed by atoms with Gasteiger partial charge in [0.25, 0.3) is 0 Å². The smallest absolute Gasteiger partial charge is 0.410 e. The van der Waals surface area contributed by atoms with E-state index in [1.807, 2.05) is 31.4 Å². The molecule has 3 rings (SSSR count). The molecule has 0 atom stereocenters. The summed E-state index contributed by atoms with van der Waals surface area (Å²) >= 11 is 2.26. The van der Waals surface area contributed by atoms with Crippen LogP contribution >= 0.6 is 22.6 Å². The summed E-state index contributed by atoms with van der Waals surface area (Å²) in [6.45, 7) is 6.93. The van der Waals surface area contributed by atoms with Gasteiger partial charge in [-0.3, -0.25) is 4.57 Å². The van der Waals surface area contributed by atoms with Crippen molar-refractivity contribution in [1.82, 2.24) is 14.5 Å². The van der Waals surface area contributed by atoms with E-state index in [1.54, 1.807) is 17.3 Å². The lowest BCUT2D eigenvalue weighted by atomic mass is 9.94. The Morgan fingerprint density at radius 1 is 1.31 bits per heavy atom. The minimum Gasteiger partial charge on any atom is -0.444 e. The number of hydrogen-bond acceptors (Lipinski definition) is 3. The number of carbonyl (C=O) groups is 1. The number of nitrogens with zero attached hydrogens (tertiary/aromatic N) is 3. The summed E-state index contributed by atoms with van der Waals surface area (Å²) < 4.78 is 21.8. The van der Waals surface area contributed by atoms with E-state index in [9.17, 15) is 9.18 Å². The average molecular weight is 471 g/mol. The minimum atomic E-state index is -0.479. The summed E-state index contributed by atoms with van der Waals surface area (Å²) in [6, 6.07) is 6.49. The molecule has 5 nitrogen and oxygen atoms in total. The Morgan fingerprint density at radius 2 is 2.00 bits per heavy atom. The van der Waals surface area contributed by atoms with Crippen molar-refractivity contribution in [3.63, 3.8) is 0 Å². The molecule has 1 aliphatic heterocycles. The summed E-state index contributed by atoms with van der Waals surface area (Å²) in [6.07, 6.45) is 3.17. The van der Waals surface area contributed by atoms with Crippen molar-refractivity contribution in [3.8, 4) is 5.69 Å². The lowest BCUT2D eigenvalue weighted by Crippen LogP contribution is -2.41. The van der Waals surface area contributed by atoms with Crippen molar-refractivity contribution in [2.45, 2.75) is 45.1 Å². The quantitative estimate of drug-likeness (QED) is 0.596. The number of likely N-dealkylation sites (tertiary alicyclic amines) is 1. The predicted octanol–water partition coefficient (Wildman–Crippen LogP) is 4.73. The number of imidazole rings is 1. The number of aromatic nitrogens is 2. The summed E-state index contributed by atoms with van der Waals surface area (Å²) in [7, 11) is 0. The van der Waals surface area contributed by atoms with Gasteiger partial charge >= 0.3 is 6.09 Å². The average Bonchev–Trinajstić information content (AvgIpc) is 2.95. The fourth-order valence-corrected chi connectivity index (χ4v) is 4.07. The van der Waals surface area contributed by atoms with Crippen molar-refractivity contribution in [2.75, 3.05) is 13.1 Å². The number of amides is 1. The molecule has 0 spiro atoms. The van der Waals surface area contributed by atoms with Gasteiger partial charge in [0.05, 0.1) is 11.4 Å². The second-order valence-electron chi connectivity index (χ2n) is 7.51. The molecule has 1 fully saturated rings. The van der Waals surface area contributed by atoms with Crippen LogP contribution in [0.5, 0.6) is 0 Å². The van der Waals surface area contributed by atoms with Crippen molar-refractivity contribution >= 4 is 28.7 Å². The van der Waals surface area contributed by atoms with Gasteiger partial charge in [0.2, 0.25) is 0 Å². The van der Waals surface area contributed by atoms with Crippen molar-refractivity contribution in [1.29, 1.82) is 0 Å². The Labute approximate surface area is 166 Å². The van der Waals surface area contributed by atoms with Crippen LogP contribution in [0.25, 0.3) is 5.69 Å². The van der Waals surface area contributed by atoms with E-state index < -0.39 is 5.60 Å². The normalized spacial score (nSPS) is 16.0. The topological polar surface area (TPSA) is 47.4 Å². The van der Waals surface area contributed by atoms with Gasteiger partial charge in [-0.2, -0.15) is 0 Å². The summed E-state index contributed by atoms with van der Waals surface area (Å²) in [5, 5.41) is 0. The highest BCUT2D eigenvalue weighted by Gasteiger charge is 2.29. The molecule has 140 valence electrons. The molecule has 0 saturated carbocycles. The number of benzene rings is 1. The Morgan fingerprint density at radius 3 is 2.62 bits per heavy atom. The first-order valence-electron chi connectivity index (χ1n) is 8.71. The molecule has 2 heterocycles. The van der Waals surface area contributed by atoms with Gasteiger partial charge in [-0.25, -0.2) is 14.2 Å². The van der Waals surface area contributed by atoms with Crippen molar-refractivity contribution in [2.24, 2.45) is 0 Å². The molecule has 7 heteroatoms. The minimum absolute atomic E-state index is 0.254. The van der Waals surface area contributed by atoms with Gasteiger partial charge in [-0.15, -0.1) is 0 Å². The van der Waals surface area contributed by atoms with E-state index >= 15 is 0 Å². The van der Waals surface area contributed by atoms with E-state index in [-0.39, 0.29) is 17.8 Å². The van der Waals surface area contributed by atoms with Crippen LogP contribution in [0.15, 0.2) is 30.6 Å². The van der Waals surface area contributed by atoms with E-state index in [0.29, 0.717) is 13.1 Å². The summed E-state index contributed by atoms with van der Waals surface area (Å²) in [5.74, 6) is 0.0228. The van der Waals surface area contributed by atoms with Gasteiger partial charge in [0.1, 0.15) is 21.4 Å². The molecular weight excluding hydrogens is 448 g/mol. The number of piperidine rings is 1. The van der Waals surface area contributed by atoms with E-state index in [2.05, 4.69) is 27.6 Å². The van der Waals surface area contributed by atoms with Crippen molar-refractivity contribution < 1.29 is 13.9 Å². The fraction of sp³-hybridized carbons (Fsp3) is 0.474. The highest BCUT2D eigenvalue weighted by atomic mass is 127. The maximum atomic E-state index is 13.5. The Balaban J connectivity index is 1.68. The Kier molecular flexibility index (Phi) is 5.55. The molecule has 0 unspecified atom stereocenters. The Hall–Kier alpha value is -1.64. The molecular formula is C19H23FIN3O2. The fourth-order valence-electron chi connectivity index (χ4n) is 3.09. The van der Waals surface area contributed by atoms with Crippen LogP contribution in [0.4, 0.5) is 9.18 Å². The third-order valence-corrected chi connectivity index (χ3v) is 5.43. The maximum absolute atomic E-state index is 13.5. The molecule has 1 aromatic carbocycles. The van der Waals surface area contributed by atoms with E-state index in [4.69, 9.17) is 4.74 Å². The molecule has 1 saturated heterocycles. The van der Waals surface area contributed by atoms with Crippen LogP contribution in [0.2, 0.25) is 0 Å². The highest BCUT2D eigenvalue weighted by molar-refractivity contribution is 14.1. The SMILES string of the molecule is CC(C)(C)OC(=O)N1CCC(c2ncn(-c3cccc(F)c3)c2I)CC1. The first-order valence-corrected chi connectivity index (χ1v) is 9.79. The number of hydrogen-bond donors (Lipinski definition) is 0. The van der Waals surface area contributed by atoms with Crippen LogP contribution in [0.1, 0.15) is 45.2 Å². The van der Waals surface area contributed by atoms with Gasteiger partial charge in [-0.1, -0.05) is 6.07 Å². The zero-order chi connectivity index (χ0) is 18.9. The number of rotatable bonds is 2. The molecule has 26 heavy (non-hydrogen) atoms. The molecule has 1 amide bonds. The third-order valence-electron chi connectivity index (χ3n) is 4.35. The summed E-state index contributed by atoms with van der Waals surface area (Å²) in [5.41, 5.74) is 1.30. The first kappa shape index (κ1) is 19.1. The van der Waals surface area contributed by atoms with Gasteiger partial charge < -0.3 is 9.64 Å². The molecule has 0 aliphatic carbocycles. The highest BCUT2D eigenvalue weighted by Crippen LogP contribution is 2.31. The second-order valence-corrected chi connectivity index (χ2v) is 8.53. The predicted molar refractivity (Wildman–Crippen MR) is 106 cm³/mol.